The molecule has 10 aromatic rings. The predicted molar refractivity (Wildman–Crippen MR) is 264 cm³/mol. The Morgan fingerprint density at radius 1 is 0.429 bits per heavy atom. The summed E-state index contributed by atoms with van der Waals surface area (Å²) in [6, 6.07) is 79.0. The van der Waals surface area contributed by atoms with Gasteiger partial charge in [0.1, 0.15) is 0 Å². The molecule has 0 saturated carbocycles. The van der Waals surface area contributed by atoms with Crippen molar-refractivity contribution in [3.63, 3.8) is 0 Å². The molecule has 2 nitrogen and oxygen atoms in total. The van der Waals surface area contributed by atoms with E-state index in [9.17, 15) is 0 Å². The van der Waals surface area contributed by atoms with Crippen LogP contribution < -0.4 is 4.90 Å². The first kappa shape index (κ1) is 35.8. The number of hydrogen-bond donors (Lipinski definition) is 0. The Morgan fingerprint density at radius 3 is 1.75 bits per heavy atom. The summed E-state index contributed by atoms with van der Waals surface area (Å²) in [5.74, 6) is 0. The molecule has 0 N–H and O–H groups in total. The molecule has 2 heteroatoms. The molecule has 0 radical (unpaired) electrons. The van der Waals surface area contributed by atoms with Crippen LogP contribution in [0.4, 0.5) is 11.4 Å². The van der Waals surface area contributed by atoms with Crippen molar-refractivity contribution in [2.75, 3.05) is 4.90 Å². The van der Waals surface area contributed by atoms with Gasteiger partial charge in [0.2, 0.25) is 0 Å². The fourth-order valence-electron chi connectivity index (χ4n) is 11.2. The van der Waals surface area contributed by atoms with E-state index in [4.69, 9.17) is 0 Å². The van der Waals surface area contributed by atoms with Gasteiger partial charge in [-0.15, -0.1) is 0 Å². The first-order valence-electron chi connectivity index (χ1n) is 22.2. The molecule has 3 aliphatic rings. The summed E-state index contributed by atoms with van der Waals surface area (Å²) >= 11 is 0. The van der Waals surface area contributed by atoms with Gasteiger partial charge in [-0.2, -0.15) is 0 Å². The third-order valence-electron chi connectivity index (χ3n) is 14.0. The normalized spacial score (nSPS) is 16.2. The summed E-state index contributed by atoms with van der Waals surface area (Å²) < 4.78 is 2.39. The van der Waals surface area contributed by atoms with Crippen LogP contribution in [0.15, 0.2) is 224 Å². The molecule has 296 valence electrons. The number of fused-ring (bicyclic) bond motifs is 9. The topological polar surface area (TPSA) is 8.17 Å². The van der Waals surface area contributed by atoms with Crippen molar-refractivity contribution in [3.05, 3.63) is 258 Å². The lowest BCUT2D eigenvalue weighted by Crippen LogP contribution is -2.25. The van der Waals surface area contributed by atoms with Crippen LogP contribution in [-0.4, -0.2) is 4.57 Å². The first-order chi connectivity index (χ1) is 31.2. The molecule has 13 rings (SSSR count). The number of hydrogen-bond acceptors (Lipinski definition) is 1. The summed E-state index contributed by atoms with van der Waals surface area (Å²) in [5, 5.41) is 2.52. The van der Waals surface area contributed by atoms with Crippen LogP contribution in [0.3, 0.4) is 0 Å². The highest BCUT2D eigenvalue weighted by atomic mass is 15.1. The molecule has 1 aromatic heterocycles. The minimum absolute atomic E-state index is 0.416. The highest BCUT2D eigenvalue weighted by Gasteiger charge is 2.52. The van der Waals surface area contributed by atoms with E-state index in [2.05, 4.69) is 241 Å². The molecule has 2 heterocycles. The van der Waals surface area contributed by atoms with Crippen LogP contribution in [0.1, 0.15) is 46.7 Å². The van der Waals surface area contributed by atoms with Gasteiger partial charge in [-0.1, -0.05) is 165 Å². The minimum atomic E-state index is -0.416. The van der Waals surface area contributed by atoms with Crippen LogP contribution in [0.5, 0.6) is 0 Å². The van der Waals surface area contributed by atoms with Gasteiger partial charge in [0.05, 0.1) is 22.1 Å². The van der Waals surface area contributed by atoms with Crippen LogP contribution in [0, 0.1) is 0 Å². The Kier molecular flexibility index (Phi) is 7.83. The Bertz CT molecular complexity index is 3520. The maximum Gasteiger partial charge on any atom is 0.0726 e. The zero-order chi connectivity index (χ0) is 41.6. The highest BCUT2D eigenvalue weighted by Crippen LogP contribution is 2.64. The smallest absolute Gasteiger partial charge is 0.0726 e. The van der Waals surface area contributed by atoms with E-state index < -0.39 is 5.41 Å². The third-order valence-corrected chi connectivity index (χ3v) is 14.0. The van der Waals surface area contributed by atoms with Crippen molar-refractivity contribution in [1.82, 2.24) is 4.57 Å². The average Bonchev–Trinajstić information content (AvgIpc) is 3.95. The number of nitrogens with zero attached hydrogens (tertiary/aromatic N) is 2. The first-order valence-corrected chi connectivity index (χ1v) is 22.2. The maximum atomic E-state index is 2.51. The Labute approximate surface area is 368 Å². The number of anilines is 2. The number of rotatable bonds is 6. The second-order valence-corrected chi connectivity index (χ2v) is 17.1. The fourth-order valence-corrected chi connectivity index (χ4v) is 11.2. The molecule has 1 spiro atoms. The quantitative estimate of drug-likeness (QED) is 0.163. The summed E-state index contributed by atoms with van der Waals surface area (Å²) in [7, 11) is 0. The lowest BCUT2D eigenvalue weighted by atomic mass is 9.70. The van der Waals surface area contributed by atoms with Gasteiger partial charge < -0.3 is 9.47 Å². The van der Waals surface area contributed by atoms with Crippen molar-refractivity contribution in [2.24, 2.45) is 0 Å². The molecule has 0 fully saturated rings. The molecule has 9 aromatic carbocycles. The van der Waals surface area contributed by atoms with Gasteiger partial charge in [0.25, 0.3) is 0 Å². The van der Waals surface area contributed by atoms with E-state index >= 15 is 0 Å². The molecule has 2 aliphatic carbocycles. The third kappa shape index (κ3) is 5.13. The lowest BCUT2D eigenvalue weighted by molar-refractivity contribution is 0.794. The predicted octanol–water partition coefficient (Wildman–Crippen LogP) is 15.8. The number of benzene rings is 9. The number of allylic oxidation sites excluding steroid dienone is 3. The second-order valence-electron chi connectivity index (χ2n) is 17.1. The van der Waals surface area contributed by atoms with Gasteiger partial charge in [-0.3, -0.25) is 0 Å². The van der Waals surface area contributed by atoms with Crippen molar-refractivity contribution in [2.45, 2.75) is 18.8 Å². The van der Waals surface area contributed by atoms with Crippen LogP contribution in [0.2, 0.25) is 0 Å². The van der Waals surface area contributed by atoms with Gasteiger partial charge in [-0.25, -0.2) is 0 Å². The summed E-state index contributed by atoms with van der Waals surface area (Å²) in [4.78, 5) is 2.49. The molecule has 1 atom stereocenters. The van der Waals surface area contributed by atoms with Crippen molar-refractivity contribution < 1.29 is 0 Å². The standard InChI is InChI=1S/C61H42N2/c1-2-40(43-29-36-60-53(37-43)52-21-11-14-24-59(52)63(60)45-17-7-4-8-18-45)28-35-58-44-27-33-50-48-19-9-12-22-54(48)61(56(50)38-44)55-23-13-10-20-49(55)51-34-32-47(39-57(51)61)62(58)46-30-25-42(26-31-46)41-15-5-3-6-16-41/h3-39H,2H2,1H3/b40-28+,58-35+/t61-/m1/s1. The van der Waals surface area contributed by atoms with E-state index in [1.165, 1.54) is 99.8 Å². The number of para-hydroxylation sites is 2. The van der Waals surface area contributed by atoms with Crippen molar-refractivity contribution in [3.8, 4) is 39.1 Å². The summed E-state index contributed by atoms with van der Waals surface area (Å²) in [5.41, 5.74) is 23.4. The van der Waals surface area contributed by atoms with E-state index in [0.29, 0.717) is 0 Å². The molecular formula is C61H42N2. The van der Waals surface area contributed by atoms with E-state index in [1.54, 1.807) is 0 Å². The Balaban J connectivity index is 1.04. The van der Waals surface area contributed by atoms with Crippen molar-refractivity contribution in [1.29, 1.82) is 0 Å². The summed E-state index contributed by atoms with van der Waals surface area (Å²) in [6.07, 6.45) is 5.64. The van der Waals surface area contributed by atoms with Crippen LogP contribution in [-0.2, 0) is 5.41 Å². The van der Waals surface area contributed by atoms with Crippen molar-refractivity contribution >= 4 is 44.5 Å². The van der Waals surface area contributed by atoms with Gasteiger partial charge in [0, 0.05) is 27.8 Å². The molecule has 63 heavy (non-hydrogen) atoms. The van der Waals surface area contributed by atoms with Gasteiger partial charge in [-0.05, 0) is 145 Å². The Hall–Kier alpha value is -7.94. The SMILES string of the molecule is CC/C(=C\C=C1/c2ccc3c(c2)[C@@]2(c4ccccc4-3)c3ccccc3-c3ccc(cc32)N1c1ccc(-c2ccccc2)cc1)c1ccc2c(c1)c1ccccc1n2-c1ccccc1. The maximum absolute atomic E-state index is 2.51. The minimum Gasteiger partial charge on any atom is -0.310 e. The van der Waals surface area contributed by atoms with Gasteiger partial charge >= 0.3 is 0 Å². The molecule has 4 bridgehead atoms. The zero-order valence-electron chi connectivity index (χ0n) is 35.0. The zero-order valence-corrected chi connectivity index (χ0v) is 35.0. The average molecular weight is 803 g/mol. The van der Waals surface area contributed by atoms with Gasteiger partial charge in [0.15, 0.2) is 0 Å². The molecular weight excluding hydrogens is 761 g/mol. The van der Waals surface area contributed by atoms with E-state index in [1.807, 2.05) is 0 Å². The number of aromatic nitrogens is 1. The molecule has 0 amide bonds. The van der Waals surface area contributed by atoms with E-state index in [-0.39, 0.29) is 0 Å². The highest BCUT2D eigenvalue weighted by molar-refractivity contribution is 6.10. The summed E-state index contributed by atoms with van der Waals surface area (Å²) in [6.45, 7) is 2.28. The van der Waals surface area contributed by atoms with E-state index in [0.717, 1.165) is 23.5 Å². The molecule has 0 unspecified atom stereocenters. The fraction of sp³-hybridized carbons (Fsp3) is 0.0492. The molecule has 1 aliphatic heterocycles. The second kappa shape index (κ2) is 13.8. The molecule has 0 saturated heterocycles. The van der Waals surface area contributed by atoms with Crippen LogP contribution >= 0.6 is 0 Å². The largest absolute Gasteiger partial charge is 0.310 e. The monoisotopic (exact) mass is 802 g/mol. The Morgan fingerprint density at radius 2 is 1.00 bits per heavy atom. The van der Waals surface area contributed by atoms with Crippen LogP contribution in [0.25, 0.3) is 72.1 Å². The lowest BCUT2D eigenvalue weighted by Gasteiger charge is -2.30.